The molecule has 0 radical (unpaired) electrons. The van der Waals surface area contributed by atoms with Gasteiger partial charge in [0.05, 0.1) is 12.1 Å². The van der Waals surface area contributed by atoms with Gasteiger partial charge in [0.15, 0.2) is 6.04 Å². The minimum atomic E-state index is -1.32. The van der Waals surface area contributed by atoms with Crippen LogP contribution in [0.25, 0.3) is 0 Å². The number of carbonyl (C=O) groups excluding carboxylic acids is 1. The number of hydrogen-bond donors (Lipinski definition) is 4. The van der Waals surface area contributed by atoms with Crippen molar-refractivity contribution in [2.75, 3.05) is 0 Å². The summed E-state index contributed by atoms with van der Waals surface area (Å²) in [6.07, 6.45) is 0.492. The summed E-state index contributed by atoms with van der Waals surface area (Å²) in [7, 11) is 0. The molecule has 0 aliphatic carbocycles. The molecular weight excluding hydrogens is 280 g/mol. The zero-order chi connectivity index (χ0) is 15.1. The van der Waals surface area contributed by atoms with Gasteiger partial charge in [-0.15, -0.1) is 11.3 Å². The number of thiophene rings is 1. The Bertz CT molecular complexity index is 434. The maximum atomic E-state index is 11.9. The van der Waals surface area contributed by atoms with E-state index < -0.39 is 24.1 Å². The molecule has 0 saturated carbocycles. The van der Waals surface area contributed by atoms with Crippen LogP contribution in [0, 0.1) is 0 Å². The van der Waals surface area contributed by atoms with Crippen molar-refractivity contribution in [2.24, 2.45) is 0 Å². The van der Waals surface area contributed by atoms with Crippen LogP contribution in [0.15, 0.2) is 17.5 Å². The first-order valence-corrected chi connectivity index (χ1v) is 7.35. The number of aliphatic hydroxyl groups is 1. The number of carboxylic acids is 1. The summed E-state index contributed by atoms with van der Waals surface area (Å²) in [6.45, 7) is 3.33. The van der Waals surface area contributed by atoms with E-state index in [1.807, 2.05) is 24.4 Å². The molecule has 0 aliphatic heterocycles. The summed E-state index contributed by atoms with van der Waals surface area (Å²) in [6, 6.07) is 1.77. The van der Waals surface area contributed by atoms with E-state index >= 15 is 0 Å². The molecule has 0 aliphatic rings. The molecule has 0 bridgehead atoms. The van der Waals surface area contributed by atoms with E-state index in [2.05, 4.69) is 10.6 Å². The molecule has 0 saturated heterocycles. The van der Waals surface area contributed by atoms with Gasteiger partial charge < -0.3 is 20.8 Å². The van der Waals surface area contributed by atoms with E-state index in [-0.39, 0.29) is 6.04 Å². The molecule has 0 spiro atoms. The van der Waals surface area contributed by atoms with Crippen LogP contribution in [0.2, 0.25) is 0 Å². The Morgan fingerprint density at radius 1 is 1.40 bits per heavy atom. The van der Waals surface area contributed by atoms with Crippen molar-refractivity contribution in [1.29, 1.82) is 0 Å². The third kappa shape index (κ3) is 4.82. The Labute approximate surface area is 121 Å². The van der Waals surface area contributed by atoms with Gasteiger partial charge in [-0.3, -0.25) is 0 Å². The highest BCUT2D eigenvalue weighted by Gasteiger charge is 2.26. The van der Waals surface area contributed by atoms with Gasteiger partial charge in [-0.1, -0.05) is 19.4 Å². The second-order valence-electron chi connectivity index (χ2n) is 4.53. The number of hydrogen-bond acceptors (Lipinski definition) is 4. The Morgan fingerprint density at radius 3 is 2.55 bits per heavy atom. The van der Waals surface area contributed by atoms with Crippen LogP contribution in [0.4, 0.5) is 4.79 Å². The van der Waals surface area contributed by atoms with Crippen molar-refractivity contribution in [1.82, 2.24) is 10.6 Å². The fourth-order valence-corrected chi connectivity index (χ4v) is 2.61. The molecule has 20 heavy (non-hydrogen) atoms. The minimum Gasteiger partial charge on any atom is -0.480 e. The van der Waals surface area contributed by atoms with Gasteiger partial charge in [0.1, 0.15) is 0 Å². The number of aliphatic hydroxyl groups excluding tert-OH is 1. The Balaban J connectivity index is 2.64. The molecule has 2 amide bonds. The Hall–Kier alpha value is -1.60. The summed E-state index contributed by atoms with van der Waals surface area (Å²) in [5.74, 6) is -1.27. The van der Waals surface area contributed by atoms with Crippen LogP contribution < -0.4 is 10.6 Å². The monoisotopic (exact) mass is 300 g/mol. The quantitative estimate of drug-likeness (QED) is 0.616. The van der Waals surface area contributed by atoms with Crippen molar-refractivity contribution in [3.8, 4) is 0 Å². The van der Waals surface area contributed by atoms with Crippen molar-refractivity contribution >= 4 is 23.3 Å². The lowest BCUT2D eigenvalue weighted by Crippen LogP contribution is -2.51. The molecule has 7 heteroatoms. The zero-order valence-electron chi connectivity index (χ0n) is 11.5. The van der Waals surface area contributed by atoms with Gasteiger partial charge in [0, 0.05) is 4.88 Å². The molecule has 0 aromatic carbocycles. The molecule has 112 valence electrons. The molecule has 1 aromatic rings. The molecular formula is C13H20N2O4S. The first-order valence-electron chi connectivity index (χ1n) is 6.47. The largest absolute Gasteiger partial charge is 0.480 e. The zero-order valence-corrected chi connectivity index (χ0v) is 12.3. The fourth-order valence-electron chi connectivity index (χ4n) is 1.79. The van der Waals surface area contributed by atoms with Crippen LogP contribution in [-0.4, -0.2) is 34.4 Å². The molecule has 1 rings (SSSR count). The minimum absolute atomic E-state index is 0.150. The average molecular weight is 300 g/mol. The van der Waals surface area contributed by atoms with E-state index in [4.69, 9.17) is 5.11 Å². The molecule has 0 fully saturated rings. The second kappa shape index (κ2) is 7.86. The number of nitrogens with one attached hydrogen (secondary N) is 2. The summed E-state index contributed by atoms with van der Waals surface area (Å²) in [5.41, 5.74) is 0. The summed E-state index contributed by atoms with van der Waals surface area (Å²) in [5, 5.41) is 25.2. The lowest BCUT2D eigenvalue weighted by Gasteiger charge is -2.21. The van der Waals surface area contributed by atoms with Crippen LogP contribution in [-0.2, 0) is 4.79 Å². The number of carbonyl (C=O) groups is 2. The van der Waals surface area contributed by atoms with Gasteiger partial charge in [-0.25, -0.2) is 9.59 Å². The van der Waals surface area contributed by atoms with E-state index in [0.717, 1.165) is 17.7 Å². The van der Waals surface area contributed by atoms with E-state index in [1.54, 1.807) is 0 Å². The molecule has 1 heterocycles. The third-order valence-corrected chi connectivity index (χ3v) is 3.79. The summed E-state index contributed by atoms with van der Waals surface area (Å²) >= 11 is 1.54. The van der Waals surface area contributed by atoms with Gasteiger partial charge in [0.2, 0.25) is 0 Å². The number of amides is 2. The van der Waals surface area contributed by atoms with E-state index in [9.17, 15) is 14.7 Å². The predicted octanol–water partition coefficient (Wildman–Crippen LogP) is 1.72. The first-order chi connectivity index (χ1) is 9.45. The molecule has 6 nitrogen and oxygen atoms in total. The van der Waals surface area contributed by atoms with Gasteiger partial charge in [-0.2, -0.15) is 0 Å². The van der Waals surface area contributed by atoms with Crippen molar-refractivity contribution in [2.45, 2.75) is 44.9 Å². The molecule has 1 aromatic heterocycles. The third-order valence-electron chi connectivity index (χ3n) is 2.80. The maximum absolute atomic E-state index is 11.9. The van der Waals surface area contributed by atoms with Crippen molar-refractivity contribution in [3.63, 3.8) is 0 Å². The average Bonchev–Trinajstić information content (AvgIpc) is 2.88. The Morgan fingerprint density at radius 2 is 2.10 bits per heavy atom. The van der Waals surface area contributed by atoms with Crippen LogP contribution >= 0.6 is 11.3 Å². The number of urea groups is 1. The number of rotatable bonds is 7. The highest BCUT2D eigenvalue weighted by molar-refractivity contribution is 7.10. The van der Waals surface area contributed by atoms with Crippen molar-refractivity contribution in [3.05, 3.63) is 22.4 Å². The highest BCUT2D eigenvalue weighted by Crippen LogP contribution is 2.22. The SMILES string of the molecule is CCCC(NC(=O)NC(C(=O)O)C(C)O)c1cccs1. The number of carboxylic acid groups (broad SMARTS) is 1. The fraction of sp³-hybridized carbons (Fsp3) is 0.538. The van der Waals surface area contributed by atoms with Crippen LogP contribution in [0.5, 0.6) is 0 Å². The van der Waals surface area contributed by atoms with Gasteiger partial charge in [0.25, 0.3) is 0 Å². The van der Waals surface area contributed by atoms with Crippen molar-refractivity contribution < 1.29 is 19.8 Å². The second-order valence-corrected chi connectivity index (χ2v) is 5.51. The summed E-state index contributed by atoms with van der Waals surface area (Å²) in [4.78, 5) is 23.8. The topological polar surface area (TPSA) is 98.7 Å². The lowest BCUT2D eigenvalue weighted by atomic mass is 10.1. The lowest BCUT2D eigenvalue weighted by molar-refractivity contribution is -0.141. The van der Waals surface area contributed by atoms with Gasteiger partial charge >= 0.3 is 12.0 Å². The van der Waals surface area contributed by atoms with Crippen LogP contribution in [0.3, 0.4) is 0 Å². The first kappa shape index (κ1) is 16.5. The maximum Gasteiger partial charge on any atom is 0.328 e. The smallest absolute Gasteiger partial charge is 0.328 e. The highest BCUT2D eigenvalue weighted by atomic mass is 32.1. The van der Waals surface area contributed by atoms with Gasteiger partial charge in [-0.05, 0) is 24.8 Å². The molecule has 3 unspecified atom stereocenters. The summed E-state index contributed by atoms with van der Waals surface area (Å²) < 4.78 is 0. The standard InChI is InChI=1S/C13H20N2O4S/c1-3-5-9(10-6-4-7-20-10)14-13(19)15-11(8(2)16)12(17)18/h4,6-9,11,16H,3,5H2,1-2H3,(H,17,18)(H2,14,15,19). The normalized spacial score (nSPS) is 15.2. The number of aliphatic carboxylic acids is 1. The Kier molecular flexibility index (Phi) is 6.47. The van der Waals surface area contributed by atoms with Crippen LogP contribution in [0.1, 0.15) is 37.6 Å². The molecule has 4 N–H and O–H groups in total. The molecule has 3 atom stereocenters. The predicted molar refractivity (Wildman–Crippen MR) is 76.7 cm³/mol. The van der Waals surface area contributed by atoms with E-state index in [1.165, 1.54) is 18.3 Å². The van der Waals surface area contributed by atoms with E-state index in [0.29, 0.717) is 0 Å².